The smallest absolute Gasteiger partial charge is 0.408 e. The van der Waals surface area contributed by atoms with Crippen LogP contribution in [0.3, 0.4) is 0 Å². The zero-order valence-electron chi connectivity index (χ0n) is 15.7. The molecule has 1 saturated carbocycles. The van der Waals surface area contributed by atoms with Crippen molar-refractivity contribution in [1.82, 2.24) is 10.6 Å². The molecule has 5 nitrogen and oxygen atoms in total. The van der Waals surface area contributed by atoms with Crippen LogP contribution in [0.4, 0.5) is 4.79 Å². The molecule has 0 saturated heterocycles. The van der Waals surface area contributed by atoms with Crippen molar-refractivity contribution in [3.05, 3.63) is 35.9 Å². The van der Waals surface area contributed by atoms with Gasteiger partial charge in [-0.2, -0.15) is 0 Å². The molecule has 25 heavy (non-hydrogen) atoms. The number of benzene rings is 1. The number of amides is 2. The minimum absolute atomic E-state index is 0.0598. The molecule has 2 N–H and O–H groups in total. The van der Waals surface area contributed by atoms with Crippen molar-refractivity contribution >= 4 is 12.0 Å². The van der Waals surface area contributed by atoms with Gasteiger partial charge in [0.25, 0.3) is 0 Å². The quantitative estimate of drug-likeness (QED) is 0.872. The first-order chi connectivity index (χ1) is 11.7. The standard InChI is InChI=1S/C20H30N2O3/c1-15-10-8-9-13-20(15,22-18(24)25-19(2,3)4)17(23)21-14-16-11-6-5-7-12-16/h5-7,11-12,15H,8-10,13-14H2,1-4H3,(H,21,23)(H,22,24)/t15-,20-/m0/s1. The highest BCUT2D eigenvalue weighted by Gasteiger charge is 2.46. The van der Waals surface area contributed by atoms with Gasteiger partial charge in [-0.25, -0.2) is 4.79 Å². The van der Waals surface area contributed by atoms with Gasteiger partial charge < -0.3 is 15.4 Å². The Balaban J connectivity index is 2.11. The maximum Gasteiger partial charge on any atom is 0.408 e. The number of carbonyl (C=O) groups is 2. The first kappa shape index (κ1) is 19.3. The predicted molar refractivity (Wildman–Crippen MR) is 98.0 cm³/mol. The first-order valence-electron chi connectivity index (χ1n) is 9.06. The topological polar surface area (TPSA) is 67.4 Å². The van der Waals surface area contributed by atoms with Gasteiger partial charge in [-0.3, -0.25) is 4.79 Å². The Hall–Kier alpha value is -2.04. The van der Waals surface area contributed by atoms with E-state index in [4.69, 9.17) is 4.74 Å². The lowest BCUT2D eigenvalue weighted by Crippen LogP contribution is -2.63. The zero-order chi connectivity index (χ0) is 18.5. The molecule has 138 valence electrons. The molecule has 5 heteroatoms. The summed E-state index contributed by atoms with van der Waals surface area (Å²) in [5.74, 6) is -0.0704. The molecular formula is C20H30N2O3. The van der Waals surface area contributed by atoms with E-state index in [9.17, 15) is 9.59 Å². The minimum Gasteiger partial charge on any atom is -0.444 e. The normalized spacial score (nSPS) is 23.6. The van der Waals surface area contributed by atoms with Crippen molar-refractivity contribution in [2.24, 2.45) is 5.92 Å². The second-order valence-corrected chi connectivity index (χ2v) is 7.91. The van der Waals surface area contributed by atoms with Gasteiger partial charge in [0.05, 0.1) is 0 Å². The number of hydrogen-bond acceptors (Lipinski definition) is 3. The van der Waals surface area contributed by atoms with Crippen LogP contribution < -0.4 is 10.6 Å². The Morgan fingerprint density at radius 3 is 2.48 bits per heavy atom. The van der Waals surface area contributed by atoms with Crippen LogP contribution in [0.15, 0.2) is 30.3 Å². The summed E-state index contributed by atoms with van der Waals surface area (Å²) in [4.78, 5) is 25.4. The van der Waals surface area contributed by atoms with Crippen LogP contribution in [0.1, 0.15) is 58.9 Å². The molecule has 1 aromatic rings. The van der Waals surface area contributed by atoms with Crippen molar-refractivity contribution in [3.8, 4) is 0 Å². The van der Waals surface area contributed by atoms with E-state index >= 15 is 0 Å². The lowest BCUT2D eigenvalue weighted by molar-refractivity contribution is -0.131. The van der Waals surface area contributed by atoms with Gasteiger partial charge in [0.2, 0.25) is 5.91 Å². The fourth-order valence-electron chi connectivity index (χ4n) is 3.35. The molecule has 1 fully saturated rings. The molecule has 2 atom stereocenters. The van der Waals surface area contributed by atoms with Gasteiger partial charge in [-0.1, -0.05) is 50.1 Å². The lowest BCUT2D eigenvalue weighted by Gasteiger charge is -2.41. The Morgan fingerprint density at radius 2 is 1.88 bits per heavy atom. The highest BCUT2D eigenvalue weighted by Crippen LogP contribution is 2.34. The Kier molecular flexibility index (Phi) is 6.09. The minimum atomic E-state index is -0.907. The molecule has 1 aromatic carbocycles. The van der Waals surface area contributed by atoms with Gasteiger partial charge >= 0.3 is 6.09 Å². The van der Waals surface area contributed by atoms with E-state index in [2.05, 4.69) is 10.6 Å². The predicted octanol–water partition coefficient (Wildman–Crippen LogP) is 3.78. The second kappa shape index (κ2) is 7.89. The summed E-state index contributed by atoms with van der Waals surface area (Å²) in [5.41, 5.74) is -0.467. The summed E-state index contributed by atoms with van der Waals surface area (Å²) in [7, 11) is 0. The zero-order valence-corrected chi connectivity index (χ0v) is 15.7. The Bertz CT molecular complexity index is 595. The molecule has 1 aliphatic carbocycles. The number of carbonyl (C=O) groups excluding carboxylic acids is 2. The highest BCUT2D eigenvalue weighted by molar-refractivity contribution is 5.90. The molecule has 0 spiro atoms. The number of rotatable bonds is 4. The molecule has 0 aromatic heterocycles. The fraction of sp³-hybridized carbons (Fsp3) is 0.600. The monoisotopic (exact) mass is 346 g/mol. The largest absolute Gasteiger partial charge is 0.444 e. The summed E-state index contributed by atoms with van der Waals surface area (Å²) in [6.07, 6.45) is 3.00. The van der Waals surface area contributed by atoms with Crippen molar-refractivity contribution in [1.29, 1.82) is 0 Å². The van der Waals surface area contributed by atoms with Gasteiger partial charge in [-0.15, -0.1) is 0 Å². The molecule has 0 radical (unpaired) electrons. The summed E-state index contributed by atoms with van der Waals surface area (Å²) in [6.45, 7) is 7.93. The van der Waals surface area contributed by atoms with Gasteiger partial charge in [0.15, 0.2) is 0 Å². The van der Waals surface area contributed by atoms with Crippen molar-refractivity contribution in [3.63, 3.8) is 0 Å². The SMILES string of the molecule is C[C@H]1CCCC[C@@]1(NC(=O)OC(C)(C)C)C(=O)NCc1ccccc1. The van der Waals surface area contributed by atoms with Crippen LogP contribution in [0, 0.1) is 5.92 Å². The van der Waals surface area contributed by atoms with Crippen molar-refractivity contribution in [2.45, 2.75) is 71.1 Å². The fourth-order valence-corrected chi connectivity index (χ4v) is 3.35. The number of hydrogen-bond donors (Lipinski definition) is 2. The summed E-state index contributed by atoms with van der Waals surface area (Å²) in [5, 5.41) is 5.90. The van der Waals surface area contributed by atoms with E-state index in [1.165, 1.54) is 0 Å². The maximum atomic E-state index is 13.0. The summed E-state index contributed by atoms with van der Waals surface area (Å²) >= 11 is 0. The Labute approximate surface area is 150 Å². The summed E-state index contributed by atoms with van der Waals surface area (Å²) in [6, 6.07) is 9.77. The third kappa shape index (κ3) is 5.21. The number of ether oxygens (including phenoxy) is 1. The van der Waals surface area contributed by atoms with Crippen LogP contribution in [0.2, 0.25) is 0 Å². The lowest BCUT2D eigenvalue weighted by atomic mass is 9.73. The number of nitrogens with one attached hydrogen (secondary N) is 2. The summed E-state index contributed by atoms with van der Waals surface area (Å²) < 4.78 is 5.40. The highest BCUT2D eigenvalue weighted by atomic mass is 16.6. The van der Waals surface area contributed by atoms with E-state index in [0.717, 1.165) is 24.8 Å². The maximum absolute atomic E-state index is 13.0. The van der Waals surface area contributed by atoms with Crippen LogP contribution in [0.25, 0.3) is 0 Å². The molecular weight excluding hydrogens is 316 g/mol. The van der Waals surface area contributed by atoms with Crippen LogP contribution in [0.5, 0.6) is 0 Å². The van der Waals surface area contributed by atoms with E-state index < -0.39 is 17.2 Å². The Morgan fingerprint density at radius 1 is 1.20 bits per heavy atom. The van der Waals surface area contributed by atoms with Crippen molar-refractivity contribution in [2.75, 3.05) is 0 Å². The van der Waals surface area contributed by atoms with Gasteiger partial charge in [0, 0.05) is 6.54 Å². The molecule has 0 unspecified atom stereocenters. The van der Waals surface area contributed by atoms with E-state index in [0.29, 0.717) is 13.0 Å². The average molecular weight is 346 g/mol. The van der Waals surface area contributed by atoms with Gasteiger partial charge in [-0.05, 0) is 45.1 Å². The van der Waals surface area contributed by atoms with Crippen LogP contribution >= 0.6 is 0 Å². The van der Waals surface area contributed by atoms with E-state index in [-0.39, 0.29) is 11.8 Å². The third-order valence-electron chi connectivity index (χ3n) is 4.72. The third-order valence-corrected chi connectivity index (χ3v) is 4.72. The van der Waals surface area contributed by atoms with Crippen LogP contribution in [-0.4, -0.2) is 23.1 Å². The number of alkyl carbamates (subject to hydrolysis) is 1. The van der Waals surface area contributed by atoms with Crippen molar-refractivity contribution < 1.29 is 14.3 Å². The van der Waals surface area contributed by atoms with E-state index in [1.807, 2.05) is 58.0 Å². The molecule has 2 rings (SSSR count). The van der Waals surface area contributed by atoms with Crippen LogP contribution in [-0.2, 0) is 16.1 Å². The molecule has 0 aliphatic heterocycles. The van der Waals surface area contributed by atoms with Gasteiger partial charge in [0.1, 0.15) is 11.1 Å². The molecule has 0 bridgehead atoms. The van der Waals surface area contributed by atoms with E-state index in [1.54, 1.807) is 0 Å². The molecule has 2 amide bonds. The molecule has 0 heterocycles. The average Bonchev–Trinajstić information content (AvgIpc) is 2.54. The second-order valence-electron chi connectivity index (χ2n) is 7.91. The molecule has 1 aliphatic rings. The first-order valence-corrected chi connectivity index (χ1v) is 9.06.